The maximum atomic E-state index is 5.20. The molecule has 1 aromatic carbocycles. The molecule has 0 radical (unpaired) electrons. The lowest BCUT2D eigenvalue weighted by molar-refractivity contribution is 0.229. The largest absolute Gasteiger partial charge is 0.497 e. The van der Waals surface area contributed by atoms with E-state index in [9.17, 15) is 0 Å². The first-order chi connectivity index (χ1) is 9.33. The number of hydrogen-bond acceptors (Lipinski definition) is 4. The molecule has 1 fully saturated rings. The van der Waals surface area contributed by atoms with Crippen molar-refractivity contribution >= 4 is 0 Å². The van der Waals surface area contributed by atoms with Gasteiger partial charge in [0.2, 0.25) is 0 Å². The number of methoxy groups -OCH3 is 1. The predicted octanol–water partition coefficient (Wildman–Crippen LogP) is 1.25. The van der Waals surface area contributed by atoms with E-state index < -0.39 is 0 Å². The van der Waals surface area contributed by atoms with Gasteiger partial charge in [-0.1, -0.05) is 12.1 Å². The lowest BCUT2D eigenvalue weighted by atomic mass is 10.0. The van der Waals surface area contributed by atoms with Crippen LogP contribution < -0.4 is 15.4 Å². The summed E-state index contributed by atoms with van der Waals surface area (Å²) in [5.41, 5.74) is 1.33. The molecule has 1 aliphatic rings. The normalized spacial score (nSPS) is 18.2. The van der Waals surface area contributed by atoms with Gasteiger partial charge in [0.05, 0.1) is 7.11 Å². The fourth-order valence-electron chi connectivity index (χ4n) is 2.56. The van der Waals surface area contributed by atoms with E-state index in [1.807, 2.05) is 19.2 Å². The van der Waals surface area contributed by atoms with Gasteiger partial charge in [-0.05, 0) is 31.2 Å². The SMILES string of the molecule is CNC(CCN1CCNCC1)c1ccc(OC)cc1. The van der Waals surface area contributed by atoms with E-state index in [1.54, 1.807) is 7.11 Å². The van der Waals surface area contributed by atoms with Crippen molar-refractivity contribution in [3.05, 3.63) is 29.8 Å². The van der Waals surface area contributed by atoms with Crippen LogP contribution in [0.1, 0.15) is 18.0 Å². The van der Waals surface area contributed by atoms with Gasteiger partial charge in [-0.3, -0.25) is 0 Å². The van der Waals surface area contributed by atoms with E-state index in [0.717, 1.165) is 31.8 Å². The van der Waals surface area contributed by atoms with Crippen molar-refractivity contribution in [1.29, 1.82) is 0 Å². The van der Waals surface area contributed by atoms with Crippen LogP contribution in [0.3, 0.4) is 0 Å². The zero-order valence-electron chi connectivity index (χ0n) is 12.0. The first-order valence-corrected chi connectivity index (χ1v) is 7.08. The second kappa shape index (κ2) is 7.48. The first kappa shape index (κ1) is 14.3. The monoisotopic (exact) mass is 263 g/mol. The molecular weight excluding hydrogens is 238 g/mol. The molecule has 19 heavy (non-hydrogen) atoms. The molecule has 106 valence electrons. The van der Waals surface area contributed by atoms with Gasteiger partial charge in [-0.15, -0.1) is 0 Å². The Bertz CT molecular complexity index is 360. The van der Waals surface area contributed by atoms with Crippen LogP contribution in [0.25, 0.3) is 0 Å². The highest BCUT2D eigenvalue weighted by Gasteiger charge is 2.13. The molecule has 1 saturated heterocycles. The van der Waals surface area contributed by atoms with Crippen molar-refractivity contribution < 1.29 is 4.74 Å². The molecule has 2 rings (SSSR count). The average Bonchev–Trinajstić information content (AvgIpc) is 2.49. The van der Waals surface area contributed by atoms with Crippen LogP contribution >= 0.6 is 0 Å². The summed E-state index contributed by atoms with van der Waals surface area (Å²) < 4.78 is 5.20. The summed E-state index contributed by atoms with van der Waals surface area (Å²) in [6, 6.07) is 8.78. The molecule has 2 N–H and O–H groups in total. The number of nitrogens with one attached hydrogen (secondary N) is 2. The minimum Gasteiger partial charge on any atom is -0.497 e. The molecule has 0 bridgehead atoms. The molecular formula is C15H25N3O. The van der Waals surface area contributed by atoms with Crippen LogP contribution in [0.2, 0.25) is 0 Å². The standard InChI is InChI=1S/C15H25N3O/c1-16-15(7-10-18-11-8-17-9-12-18)13-3-5-14(19-2)6-4-13/h3-6,15-17H,7-12H2,1-2H3. The Morgan fingerprint density at radius 2 is 1.95 bits per heavy atom. The fourth-order valence-corrected chi connectivity index (χ4v) is 2.56. The van der Waals surface area contributed by atoms with Gasteiger partial charge in [0.1, 0.15) is 5.75 Å². The third-order valence-electron chi connectivity index (χ3n) is 3.81. The lowest BCUT2D eigenvalue weighted by Crippen LogP contribution is -2.44. The lowest BCUT2D eigenvalue weighted by Gasteiger charge is -2.29. The smallest absolute Gasteiger partial charge is 0.118 e. The average molecular weight is 263 g/mol. The van der Waals surface area contributed by atoms with Crippen molar-refractivity contribution in [2.45, 2.75) is 12.5 Å². The zero-order chi connectivity index (χ0) is 13.5. The van der Waals surface area contributed by atoms with E-state index in [2.05, 4.69) is 27.7 Å². The van der Waals surface area contributed by atoms with E-state index in [1.165, 1.54) is 18.7 Å². The summed E-state index contributed by atoms with van der Waals surface area (Å²) in [5.74, 6) is 0.917. The summed E-state index contributed by atoms with van der Waals surface area (Å²) in [6.45, 7) is 5.72. The molecule has 4 nitrogen and oxygen atoms in total. The Morgan fingerprint density at radius 1 is 1.26 bits per heavy atom. The number of hydrogen-bond donors (Lipinski definition) is 2. The van der Waals surface area contributed by atoms with Gasteiger partial charge in [-0.25, -0.2) is 0 Å². The third-order valence-corrected chi connectivity index (χ3v) is 3.81. The van der Waals surface area contributed by atoms with Crippen LogP contribution in [0.5, 0.6) is 5.75 Å². The molecule has 0 aromatic heterocycles. The molecule has 0 aliphatic carbocycles. The summed E-state index contributed by atoms with van der Waals surface area (Å²) in [6.07, 6.45) is 1.14. The summed E-state index contributed by atoms with van der Waals surface area (Å²) in [7, 11) is 3.74. The van der Waals surface area contributed by atoms with Crippen LogP contribution in [-0.4, -0.2) is 51.8 Å². The van der Waals surface area contributed by atoms with Gasteiger partial charge >= 0.3 is 0 Å². The molecule has 1 aliphatic heterocycles. The zero-order valence-corrected chi connectivity index (χ0v) is 12.0. The summed E-state index contributed by atoms with van der Waals surface area (Å²) in [5, 5.41) is 6.80. The minimum atomic E-state index is 0.417. The van der Waals surface area contributed by atoms with Gasteiger partial charge in [0.15, 0.2) is 0 Å². The first-order valence-electron chi connectivity index (χ1n) is 7.08. The number of nitrogens with zero attached hydrogens (tertiary/aromatic N) is 1. The van der Waals surface area contributed by atoms with Gasteiger partial charge in [0.25, 0.3) is 0 Å². The van der Waals surface area contributed by atoms with Crippen molar-refractivity contribution in [3.63, 3.8) is 0 Å². The molecule has 1 heterocycles. The number of rotatable bonds is 6. The molecule has 1 unspecified atom stereocenters. The van der Waals surface area contributed by atoms with Crippen molar-refractivity contribution in [2.24, 2.45) is 0 Å². The maximum Gasteiger partial charge on any atom is 0.118 e. The highest BCUT2D eigenvalue weighted by atomic mass is 16.5. The highest BCUT2D eigenvalue weighted by Crippen LogP contribution is 2.20. The Hall–Kier alpha value is -1.10. The minimum absolute atomic E-state index is 0.417. The van der Waals surface area contributed by atoms with Crippen LogP contribution in [0.15, 0.2) is 24.3 Å². The van der Waals surface area contributed by atoms with E-state index in [0.29, 0.717) is 6.04 Å². The molecule has 4 heteroatoms. The number of benzene rings is 1. The molecule has 1 atom stereocenters. The second-order valence-corrected chi connectivity index (χ2v) is 4.99. The van der Waals surface area contributed by atoms with Crippen LogP contribution in [0.4, 0.5) is 0 Å². The second-order valence-electron chi connectivity index (χ2n) is 4.99. The van der Waals surface area contributed by atoms with E-state index in [-0.39, 0.29) is 0 Å². The van der Waals surface area contributed by atoms with Gasteiger partial charge in [0, 0.05) is 38.8 Å². The fraction of sp³-hybridized carbons (Fsp3) is 0.600. The maximum absolute atomic E-state index is 5.20. The molecule has 0 amide bonds. The number of piperazine rings is 1. The van der Waals surface area contributed by atoms with Crippen molar-refractivity contribution in [2.75, 3.05) is 46.9 Å². The Balaban J connectivity index is 1.87. The van der Waals surface area contributed by atoms with Crippen LogP contribution in [-0.2, 0) is 0 Å². The van der Waals surface area contributed by atoms with Gasteiger partial charge in [-0.2, -0.15) is 0 Å². The Morgan fingerprint density at radius 3 is 2.53 bits per heavy atom. The van der Waals surface area contributed by atoms with E-state index >= 15 is 0 Å². The van der Waals surface area contributed by atoms with Crippen molar-refractivity contribution in [3.8, 4) is 5.75 Å². The summed E-state index contributed by atoms with van der Waals surface area (Å²) >= 11 is 0. The molecule has 0 saturated carbocycles. The highest BCUT2D eigenvalue weighted by molar-refractivity contribution is 5.29. The van der Waals surface area contributed by atoms with Crippen LogP contribution in [0, 0.1) is 0 Å². The Kier molecular flexibility index (Phi) is 5.63. The predicted molar refractivity (Wildman–Crippen MR) is 78.7 cm³/mol. The van der Waals surface area contributed by atoms with E-state index in [4.69, 9.17) is 4.74 Å². The molecule has 1 aromatic rings. The quantitative estimate of drug-likeness (QED) is 0.810. The molecule has 0 spiro atoms. The Labute approximate surface area is 116 Å². The van der Waals surface area contributed by atoms with Crippen molar-refractivity contribution in [1.82, 2.24) is 15.5 Å². The summed E-state index contributed by atoms with van der Waals surface area (Å²) in [4.78, 5) is 2.53. The van der Waals surface area contributed by atoms with Gasteiger partial charge < -0.3 is 20.3 Å². The number of ether oxygens (including phenoxy) is 1. The third kappa shape index (κ3) is 4.20. The topological polar surface area (TPSA) is 36.5 Å².